The summed E-state index contributed by atoms with van der Waals surface area (Å²) < 4.78 is 66.0. The molecule has 3 N–H and O–H groups in total. The second kappa shape index (κ2) is 12.5. The van der Waals surface area contributed by atoms with Crippen LogP contribution in [-0.2, 0) is 14.8 Å². The fraction of sp³-hybridized carbons (Fsp3) is 0.370. The fourth-order valence-corrected chi connectivity index (χ4v) is 5.96. The van der Waals surface area contributed by atoms with Crippen molar-refractivity contribution in [3.8, 4) is 11.1 Å². The van der Waals surface area contributed by atoms with E-state index in [0.717, 1.165) is 30.2 Å². The number of aromatic nitrogens is 1. The minimum absolute atomic E-state index is 0.0325. The summed E-state index contributed by atoms with van der Waals surface area (Å²) in [5.74, 6) is 0.474. The lowest BCUT2D eigenvalue weighted by atomic mass is 10.0. The average Bonchev–Trinajstić information content (AvgIpc) is 2.95. The number of allylic oxidation sites excluding steroid dienone is 3. The molecule has 2 saturated heterocycles. The van der Waals surface area contributed by atoms with Gasteiger partial charge in [0.2, 0.25) is 15.9 Å². The number of aliphatic imine (C=N–C) groups is 1. The van der Waals surface area contributed by atoms with Gasteiger partial charge >= 0.3 is 6.18 Å². The summed E-state index contributed by atoms with van der Waals surface area (Å²) >= 11 is 0. The number of anilines is 1. The van der Waals surface area contributed by atoms with Gasteiger partial charge in [-0.05, 0) is 61.5 Å². The molecule has 2 aromatic rings. The average molecular weight is 593 g/mol. The normalized spacial score (nSPS) is 21.6. The van der Waals surface area contributed by atoms with Gasteiger partial charge in [-0.3, -0.25) is 9.69 Å². The molecule has 41 heavy (non-hydrogen) atoms. The third-order valence-corrected chi connectivity index (χ3v) is 8.80. The smallest absolute Gasteiger partial charge is 0.390 e. The largest absolute Gasteiger partial charge is 0.412 e. The van der Waals surface area contributed by atoms with Gasteiger partial charge in [-0.1, -0.05) is 18.2 Å². The number of carbonyl (C=O) groups excluding carboxylic acids is 1. The number of pyridine rings is 1. The number of piperidine rings is 1. The Morgan fingerprint density at radius 3 is 2.56 bits per heavy atom. The van der Waals surface area contributed by atoms with E-state index >= 15 is 0 Å². The van der Waals surface area contributed by atoms with Gasteiger partial charge in [-0.2, -0.15) is 17.5 Å². The van der Waals surface area contributed by atoms with Crippen LogP contribution in [0, 0.1) is 0 Å². The van der Waals surface area contributed by atoms with Crippen LogP contribution in [0.5, 0.6) is 0 Å². The predicted molar refractivity (Wildman–Crippen MR) is 149 cm³/mol. The zero-order chi connectivity index (χ0) is 29.8. The third kappa shape index (κ3) is 7.19. The molecule has 10 nitrogen and oxygen atoms in total. The number of piperazine rings is 1. The first-order chi connectivity index (χ1) is 19.4. The SMILES string of the molecule is C=N/C(=C\C=C(/C)C(F)(F)F)N[C@@H]1CCN(S(=O)(=O)c2ccc(-c3ccnc(N4CCNCC4=O)c3)cc2)C[C@@H]1O. The van der Waals surface area contributed by atoms with E-state index < -0.39 is 33.9 Å². The number of hydrogen-bond acceptors (Lipinski definition) is 8. The van der Waals surface area contributed by atoms with Crippen LogP contribution in [0.25, 0.3) is 11.1 Å². The molecule has 2 aliphatic heterocycles. The van der Waals surface area contributed by atoms with Crippen LogP contribution in [-0.4, -0.2) is 86.5 Å². The second-order valence-corrected chi connectivity index (χ2v) is 11.6. The van der Waals surface area contributed by atoms with Crippen molar-refractivity contribution in [1.82, 2.24) is 19.9 Å². The Morgan fingerprint density at radius 1 is 1.20 bits per heavy atom. The number of alkyl halides is 3. The molecule has 0 spiro atoms. The molecule has 0 aliphatic carbocycles. The van der Waals surface area contributed by atoms with Crippen molar-refractivity contribution >= 4 is 28.5 Å². The van der Waals surface area contributed by atoms with Gasteiger partial charge in [0.15, 0.2) is 0 Å². The van der Waals surface area contributed by atoms with E-state index in [-0.39, 0.29) is 42.7 Å². The molecule has 1 amide bonds. The lowest BCUT2D eigenvalue weighted by Crippen LogP contribution is -2.53. The number of aliphatic hydroxyl groups is 1. The number of amides is 1. The Labute approximate surface area is 236 Å². The van der Waals surface area contributed by atoms with Gasteiger partial charge in [0, 0.05) is 37.9 Å². The Kier molecular flexibility index (Phi) is 9.27. The molecule has 14 heteroatoms. The first-order valence-electron chi connectivity index (χ1n) is 12.8. The number of carbonyl (C=O) groups is 1. The topological polar surface area (TPSA) is 127 Å². The van der Waals surface area contributed by atoms with Crippen molar-refractivity contribution in [3.63, 3.8) is 0 Å². The van der Waals surface area contributed by atoms with Crippen molar-refractivity contribution in [2.24, 2.45) is 4.99 Å². The molecule has 220 valence electrons. The second-order valence-electron chi connectivity index (χ2n) is 9.68. The molecule has 0 bridgehead atoms. The Morgan fingerprint density at radius 2 is 1.93 bits per heavy atom. The number of halogens is 3. The number of aliphatic hydroxyl groups excluding tert-OH is 1. The molecule has 0 radical (unpaired) electrons. The first-order valence-corrected chi connectivity index (χ1v) is 14.3. The van der Waals surface area contributed by atoms with Crippen molar-refractivity contribution in [2.75, 3.05) is 37.6 Å². The molecular weight excluding hydrogens is 561 g/mol. The highest BCUT2D eigenvalue weighted by molar-refractivity contribution is 7.89. The minimum atomic E-state index is -4.48. The van der Waals surface area contributed by atoms with Crippen LogP contribution in [0.3, 0.4) is 0 Å². The lowest BCUT2D eigenvalue weighted by Gasteiger charge is -2.36. The summed E-state index contributed by atoms with van der Waals surface area (Å²) in [6.07, 6.45) is -1.87. The summed E-state index contributed by atoms with van der Waals surface area (Å²) in [5, 5.41) is 16.5. The first kappa shape index (κ1) is 30.4. The summed E-state index contributed by atoms with van der Waals surface area (Å²) in [4.78, 5) is 21.9. The lowest BCUT2D eigenvalue weighted by molar-refractivity contribution is -0.118. The number of sulfonamides is 1. The Bertz CT molecular complexity index is 1440. The third-order valence-electron chi connectivity index (χ3n) is 6.92. The number of benzene rings is 1. The Balaban J connectivity index is 1.43. The maximum absolute atomic E-state index is 13.3. The zero-order valence-corrected chi connectivity index (χ0v) is 23.1. The summed E-state index contributed by atoms with van der Waals surface area (Å²) in [6, 6.07) is 9.21. The highest BCUT2D eigenvalue weighted by Gasteiger charge is 2.35. The van der Waals surface area contributed by atoms with Gasteiger partial charge in [-0.25, -0.2) is 18.4 Å². The molecule has 2 aliphatic rings. The van der Waals surface area contributed by atoms with Gasteiger partial charge in [0.1, 0.15) is 11.6 Å². The van der Waals surface area contributed by atoms with Crippen LogP contribution in [0.2, 0.25) is 0 Å². The predicted octanol–water partition coefficient (Wildman–Crippen LogP) is 2.45. The van der Waals surface area contributed by atoms with Gasteiger partial charge in [0.25, 0.3) is 0 Å². The van der Waals surface area contributed by atoms with Crippen LogP contribution in [0.1, 0.15) is 13.3 Å². The molecule has 3 heterocycles. The molecule has 2 atom stereocenters. The number of nitrogens with zero attached hydrogens (tertiary/aromatic N) is 4. The van der Waals surface area contributed by atoms with Gasteiger partial charge in [0.05, 0.1) is 23.6 Å². The van der Waals surface area contributed by atoms with E-state index in [0.29, 0.717) is 18.9 Å². The standard InChI is InChI=1S/C27H31F3N6O4S/c1-18(27(28,29)30)3-8-24(31-2)34-22-10-13-35(17-23(22)37)41(39,40)21-6-4-19(5-7-21)20-9-11-33-25(15-20)36-14-12-32-16-26(36)38/h3-9,11,15,22-23,32,34,37H,2,10,12-14,16-17H2,1H3/b18-3+,24-8+/t22-,23+/m1/s1. The van der Waals surface area contributed by atoms with E-state index in [2.05, 4.69) is 27.3 Å². The van der Waals surface area contributed by atoms with Crippen LogP contribution in [0.4, 0.5) is 19.0 Å². The molecular formula is C27H31F3N6O4S. The molecule has 2 fully saturated rings. The van der Waals surface area contributed by atoms with E-state index in [1.165, 1.54) is 16.4 Å². The van der Waals surface area contributed by atoms with Crippen molar-refractivity contribution < 1.29 is 31.5 Å². The molecule has 1 aromatic carbocycles. The van der Waals surface area contributed by atoms with Crippen molar-refractivity contribution in [2.45, 2.75) is 36.6 Å². The van der Waals surface area contributed by atoms with Gasteiger partial charge < -0.3 is 15.7 Å². The van der Waals surface area contributed by atoms with E-state index in [4.69, 9.17) is 0 Å². The van der Waals surface area contributed by atoms with Crippen LogP contribution in [0.15, 0.2) is 76.0 Å². The Hall–Kier alpha value is -3.59. The minimum Gasteiger partial charge on any atom is -0.390 e. The quantitative estimate of drug-likeness (QED) is 0.318. The van der Waals surface area contributed by atoms with E-state index in [1.807, 2.05) is 0 Å². The molecule has 0 unspecified atom stereocenters. The highest BCUT2D eigenvalue weighted by atomic mass is 32.2. The van der Waals surface area contributed by atoms with Crippen LogP contribution < -0.4 is 15.5 Å². The molecule has 1 aromatic heterocycles. The van der Waals surface area contributed by atoms with Crippen molar-refractivity contribution in [3.05, 3.63) is 66.1 Å². The monoisotopic (exact) mass is 592 g/mol. The number of hydrogen-bond donors (Lipinski definition) is 3. The summed E-state index contributed by atoms with van der Waals surface area (Å²) in [6.45, 7) is 5.53. The van der Waals surface area contributed by atoms with E-state index in [1.54, 1.807) is 35.4 Å². The highest BCUT2D eigenvalue weighted by Crippen LogP contribution is 2.28. The number of β-amino-alcohol motifs (C(OH)–C–C–N with tert-alkyl or cyclic N) is 1. The summed E-state index contributed by atoms with van der Waals surface area (Å²) in [7, 11) is -3.93. The fourth-order valence-electron chi connectivity index (χ4n) is 4.49. The zero-order valence-electron chi connectivity index (χ0n) is 22.3. The van der Waals surface area contributed by atoms with Gasteiger partial charge in [-0.15, -0.1) is 0 Å². The summed E-state index contributed by atoms with van der Waals surface area (Å²) in [5.41, 5.74) is 0.684. The van der Waals surface area contributed by atoms with Crippen LogP contribution >= 0.6 is 0 Å². The maximum Gasteiger partial charge on any atom is 0.412 e. The van der Waals surface area contributed by atoms with E-state index in [9.17, 15) is 31.5 Å². The maximum atomic E-state index is 13.3. The number of rotatable bonds is 8. The number of nitrogens with one attached hydrogen (secondary N) is 2. The molecule has 0 saturated carbocycles. The molecule has 4 rings (SSSR count). The van der Waals surface area contributed by atoms with Crippen molar-refractivity contribution in [1.29, 1.82) is 0 Å².